The third kappa shape index (κ3) is 2.66. The molecule has 0 saturated carbocycles. The van der Waals surface area contributed by atoms with E-state index in [4.69, 9.17) is 5.73 Å². The van der Waals surface area contributed by atoms with Gasteiger partial charge in [0.05, 0.1) is 11.9 Å². The molecule has 18 heavy (non-hydrogen) atoms. The lowest BCUT2D eigenvalue weighted by Gasteiger charge is -2.41. The lowest BCUT2D eigenvalue weighted by atomic mass is 9.86. The predicted octanol–water partition coefficient (Wildman–Crippen LogP) is 1.36. The molecule has 0 radical (unpaired) electrons. The summed E-state index contributed by atoms with van der Waals surface area (Å²) in [6.07, 6.45) is 4.46. The molecule has 1 aromatic rings. The molecule has 0 spiro atoms. The molecule has 3 unspecified atom stereocenters. The van der Waals surface area contributed by atoms with E-state index < -0.39 is 0 Å². The summed E-state index contributed by atoms with van der Waals surface area (Å²) in [5.41, 5.74) is 6.19. The van der Waals surface area contributed by atoms with Crippen molar-refractivity contribution < 1.29 is 4.79 Å². The Kier molecular flexibility index (Phi) is 3.59. The minimum Gasteiger partial charge on any atom is -0.396 e. The van der Waals surface area contributed by atoms with Crippen molar-refractivity contribution in [1.82, 2.24) is 14.7 Å². The first kappa shape index (κ1) is 12.9. The van der Waals surface area contributed by atoms with Crippen LogP contribution in [0.25, 0.3) is 0 Å². The van der Waals surface area contributed by atoms with Gasteiger partial charge in [0.2, 0.25) is 5.91 Å². The highest BCUT2D eigenvalue weighted by molar-refractivity contribution is 5.76. The van der Waals surface area contributed by atoms with Crippen LogP contribution in [-0.4, -0.2) is 33.2 Å². The zero-order chi connectivity index (χ0) is 13.3. The van der Waals surface area contributed by atoms with E-state index in [-0.39, 0.29) is 12.5 Å². The van der Waals surface area contributed by atoms with Crippen molar-refractivity contribution in [2.45, 2.75) is 39.8 Å². The van der Waals surface area contributed by atoms with Crippen molar-refractivity contribution in [3.05, 3.63) is 12.4 Å². The molecule has 0 bridgehead atoms. The highest BCUT2D eigenvalue weighted by Gasteiger charge is 2.31. The fourth-order valence-corrected chi connectivity index (χ4v) is 2.74. The summed E-state index contributed by atoms with van der Waals surface area (Å²) in [5, 5.41) is 4.06. The van der Waals surface area contributed by atoms with E-state index in [1.165, 1.54) is 6.42 Å². The fourth-order valence-electron chi connectivity index (χ4n) is 2.74. The number of likely N-dealkylation sites (tertiary alicyclic amines) is 1. The van der Waals surface area contributed by atoms with Gasteiger partial charge in [-0.2, -0.15) is 5.10 Å². The Morgan fingerprint density at radius 3 is 2.83 bits per heavy atom. The van der Waals surface area contributed by atoms with E-state index in [2.05, 4.69) is 25.9 Å². The monoisotopic (exact) mass is 250 g/mol. The molecule has 2 N–H and O–H groups in total. The van der Waals surface area contributed by atoms with Gasteiger partial charge in [-0.05, 0) is 25.2 Å². The minimum absolute atomic E-state index is 0.129. The summed E-state index contributed by atoms with van der Waals surface area (Å²) in [6.45, 7) is 7.68. The van der Waals surface area contributed by atoms with Crippen LogP contribution >= 0.6 is 0 Å². The van der Waals surface area contributed by atoms with Gasteiger partial charge in [0.15, 0.2) is 0 Å². The van der Waals surface area contributed by atoms with Crippen LogP contribution in [0, 0.1) is 11.8 Å². The molecule has 3 atom stereocenters. The number of hydrogen-bond donors (Lipinski definition) is 1. The van der Waals surface area contributed by atoms with Gasteiger partial charge in [-0.3, -0.25) is 9.48 Å². The molecule has 1 fully saturated rings. The third-order valence-corrected chi connectivity index (χ3v) is 3.87. The Bertz CT molecular complexity index is 428. The summed E-state index contributed by atoms with van der Waals surface area (Å²) >= 11 is 0. The van der Waals surface area contributed by atoms with Crippen molar-refractivity contribution in [2.24, 2.45) is 11.8 Å². The number of hydrogen-bond acceptors (Lipinski definition) is 3. The lowest BCUT2D eigenvalue weighted by molar-refractivity contribution is -0.137. The zero-order valence-electron chi connectivity index (χ0n) is 11.3. The average Bonchev–Trinajstić information content (AvgIpc) is 2.69. The normalized spacial score (nSPS) is 28.4. The number of nitrogens with two attached hydrogens (primary N) is 1. The van der Waals surface area contributed by atoms with Crippen LogP contribution in [0.15, 0.2) is 12.4 Å². The van der Waals surface area contributed by atoms with Gasteiger partial charge in [-0.25, -0.2) is 0 Å². The average molecular weight is 250 g/mol. The van der Waals surface area contributed by atoms with Gasteiger partial charge in [-0.15, -0.1) is 0 Å². The molecule has 1 saturated heterocycles. The second-order valence-electron chi connectivity index (χ2n) is 5.58. The van der Waals surface area contributed by atoms with Crippen LogP contribution in [-0.2, 0) is 11.3 Å². The fraction of sp³-hybridized carbons (Fsp3) is 0.692. The molecule has 2 rings (SSSR count). The van der Waals surface area contributed by atoms with Crippen molar-refractivity contribution in [3.63, 3.8) is 0 Å². The van der Waals surface area contributed by atoms with E-state index in [0.717, 1.165) is 6.54 Å². The Morgan fingerprint density at radius 1 is 1.50 bits per heavy atom. The SMILES string of the molecule is CC1CC(C)C(C)N(C(=O)Cn2cc(N)cn2)C1. The number of piperidine rings is 1. The Balaban J connectivity index is 2.03. The number of amides is 1. The summed E-state index contributed by atoms with van der Waals surface area (Å²) in [4.78, 5) is 14.3. The third-order valence-electron chi connectivity index (χ3n) is 3.87. The Morgan fingerprint density at radius 2 is 2.22 bits per heavy atom. The summed E-state index contributed by atoms with van der Waals surface area (Å²) < 4.78 is 1.61. The van der Waals surface area contributed by atoms with Crippen molar-refractivity contribution in [3.8, 4) is 0 Å². The molecule has 1 amide bonds. The van der Waals surface area contributed by atoms with Crippen LogP contribution < -0.4 is 5.73 Å². The molecule has 5 heteroatoms. The molecule has 0 aromatic carbocycles. The molecular weight excluding hydrogens is 228 g/mol. The predicted molar refractivity (Wildman–Crippen MR) is 70.8 cm³/mol. The first-order chi connectivity index (χ1) is 8.47. The van der Waals surface area contributed by atoms with E-state index in [0.29, 0.717) is 23.6 Å². The number of nitrogens with zero attached hydrogens (tertiary/aromatic N) is 3. The van der Waals surface area contributed by atoms with Crippen molar-refractivity contribution in [2.75, 3.05) is 12.3 Å². The van der Waals surface area contributed by atoms with Crippen LogP contribution in [0.1, 0.15) is 27.2 Å². The quantitative estimate of drug-likeness (QED) is 0.862. The van der Waals surface area contributed by atoms with Crippen LogP contribution in [0.4, 0.5) is 5.69 Å². The first-order valence-corrected chi connectivity index (χ1v) is 6.54. The Hall–Kier alpha value is -1.52. The number of anilines is 1. The van der Waals surface area contributed by atoms with E-state index in [9.17, 15) is 4.79 Å². The van der Waals surface area contributed by atoms with Gasteiger partial charge in [-0.1, -0.05) is 13.8 Å². The van der Waals surface area contributed by atoms with E-state index >= 15 is 0 Å². The number of carbonyl (C=O) groups is 1. The zero-order valence-corrected chi connectivity index (χ0v) is 11.3. The lowest BCUT2D eigenvalue weighted by Crippen LogP contribution is -2.49. The number of aromatic nitrogens is 2. The smallest absolute Gasteiger partial charge is 0.244 e. The van der Waals surface area contributed by atoms with Gasteiger partial charge in [0.1, 0.15) is 6.54 Å². The molecular formula is C13H22N4O. The van der Waals surface area contributed by atoms with Gasteiger partial charge in [0, 0.05) is 18.8 Å². The molecule has 1 aromatic heterocycles. The summed E-state index contributed by atoms with van der Waals surface area (Å²) in [5.74, 6) is 1.26. The van der Waals surface area contributed by atoms with Gasteiger partial charge in [0.25, 0.3) is 0 Å². The maximum absolute atomic E-state index is 12.3. The summed E-state index contributed by atoms with van der Waals surface area (Å²) in [6, 6.07) is 0.307. The standard InChI is InChI=1S/C13H22N4O/c1-9-4-10(2)11(3)17(6-9)13(18)8-16-7-12(14)5-15-16/h5,7,9-11H,4,6,8,14H2,1-3H3. The molecule has 1 aliphatic rings. The second kappa shape index (κ2) is 5.00. The van der Waals surface area contributed by atoms with Crippen LogP contribution in [0.2, 0.25) is 0 Å². The summed E-state index contributed by atoms with van der Waals surface area (Å²) in [7, 11) is 0. The maximum atomic E-state index is 12.3. The second-order valence-corrected chi connectivity index (χ2v) is 5.58. The molecule has 5 nitrogen and oxygen atoms in total. The van der Waals surface area contributed by atoms with E-state index in [1.807, 2.05) is 4.90 Å². The number of carbonyl (C=O) groups excluding carboxylic acids is 1. The largest absolute Gasteiger partial charge is 0.396 e. The van der Waals surface area contributed by atoms with Crippen molar-refractivity contribution in [1.29, 1.82) is 0 Å². The maximum Gasteiger partial charge on any atom is 0.244 e. The minimum atomic E-state index is 0.129. The highest BCUT2D eigenvalue weighted by Crippen LogP contribution is 2.27. The Labute approximate surface area is 108 Å². The van der Waals surface area contributed by atoms with E-state index in [1.54, 1.807) is 17.1 Å². The topological polar surface area (TPSA) is 64.2 Å². The highest BCUT2D eigenvalue weighted by atomic mass is 16.2. The van der Waals surface area contributed by atoms with Gasteiger partial charge >= 0.3 is 0 Å². The molecule has 0 aliphatic carbocycles. The number of rotatable bonds is 2. The molecule has 1 aliphatic heterocycles. The number of nitrogen functional groups attached to an aromatic ring is 1. The molecule has 100 valence electrons. The van der Waals surface area contributed by atoms with Crippen molar-refractivity contribution >= 4 is 11.6 Å². The van der Waals surface area contributed by atoms with Crippen LogP contribution in [0.5, 0.6) is 0 Å². The van der Waals surface area contributed by atoms with Crippen LogP contribution in [0.3, 0.4) is 0 Å². The van der Waals surface area contributed by atoms with Gasteiger partial charge < -0.3 is 10.6 Å². The first-order valence-electron chi connectivity index (χ1n) is 6.54. The molecule has 2 heterocycles.